The fraction of sp³-hybridized carbons (Fsp3) is 0.429. The highest BCUT2D eigenvalue weighted by molar-refractivity contribution is 5.44. The van der Waals surface area contributed by atoms with Crippen LogP contribution in [-0.2, 0) is 6.42 Å². The lowest BCUT2D eigenvalue weighted by atomic mass is 9.88. The van der Waals surface area contributed by atoms with Gasteiger partial charge in [0.25, 0.3) is 0 Å². The van der Waals surface area contributed by atoms with E-state index in [1.807, 2.05) is 6.07 Å². The Labute approximate surface area is 145 Å². The van der Waals surface area contributed by atoms with E-state index in [1.165, 1.54) is 22.3 Å². The minimum absolute atomic E-state index is 0.303. The predicted molar refractivity (Wildman–Crippen MR) is 100 cm³/mol. The Morgan fingerprint density at radius 2 is 1.83 bits per heavy atom. The van der Waals surface area contributed by atoms with Crippen molar-refractivity contribution in [3.05, 3.63) is 58.7 Å². The van der Waals surface area contributed by atoms with Gasteiger partial charge >= 0.3 is 0 Å². The molecule has 0 aromatic heterocycles. The summed E-state index contributed by atoms with van der Waals surface area (Å²) in [4.78, 5) is 0. The molecule has 0 heterocycles. The Kier molecular flexibility index (Phi) is 6.68. The second-order valence-electron chi connectivity index (χ2n) is 6.33. The van der Waals surface area contributed by atoms with Crippen molar-refractivity contribution in [2.75, 3.05) is 20.3 Å². The first-order valence-electron chi connectivity index (χ1n) is 8.66. The number of benzene rings is 2. The van der Waals surface area contributed by atoms with Crippen LogP contribution in [0.2, 0.25) is 0 Å². The van der Waals surface area contributed by atoms with E-state index in [9.17, 15) is 0 Å². The van der Waals surface area contributed by atoms with Crippen LogP contribution in [0.4, 0.5) is 0 Å². The molecule has 0 aliphatic rings. The molecule has 1 unspecified atom stereocenters. The van der Waals surface area contributed by atoms with E-state index in [0.29, 0.717) is 19.1 Å². The van der Waals surface area contributed by atoms with Gasteiger partial charge in [0.15, 0.2) is 11.5 Å². The molecule has 0 spiro atoms. The van der Waals surface area contributed by atoms with Gasteiger partial charge in [0.2, 0.25) is 0 Å². The van der Waals surface area contributed by atoms with Gasteiger partial charge in [-0.3, -0.25) is 0 Å². The van der Waals surface area contributed by atoms with Gasteiger partial charge in [-0.05, 0) is 62.1 Å². The third-order valence-corrected chi connectivity index (χ3v) is 4.33. The van der Waals surface area contributed by atoms with E-state index in [0.717, 1.165) is 24.3 Å². The molecule has 0 fully saturated rings. The van der Waals surface area contributed by atoms with Crippen LogP contribution < -0.4 is 15.2 Å². The van der Waals surface area contributed by atoms with E-state index in [2.05, 4.69) is 51.1 Å². The van der Waals surface area contributed by atoms with Crippen molar-refractivity contribution in [2.24, 2.45) is 5.73 Å². The topological polar surface area (TPSA) is 44.5 Å². The Bertz CT molecular complexity index is 667. The van der Waals surface area contributed by atoms with Crippen molar-refractivity contribution in [1.82, 2.24) is 0 Å². The molecule has 2 N–H and O–H groups in total. The Hall–Kier alpha value is -2.00. The van der Waals surface area contributed by atoms with Crippen molar-refractivity contribution >= 4 is 0 Å². The molecule has 0 saturated carbocycles. The first-order valence-corrected chi connectivity index (χ1v) is 8.66. The summed E-state index contributed by atoms with van der Waals surface area (Å²) in [6.07, 6.45) is 1.87. The highest BCUT2D eigenvalue weighted by atomic mass is 16.5. The number of nitrogens with two attached hydrogens (primary N) is 1. The molecular formula is C21H29NO2. The summed E-state index contributed by atoms with van der Waals surface area (Å²) < 4.78 is 11.2. The first-order chi connectivity index (χ1) is 11.6. The quantitative estimate of drug-likeness (QED) is 0.782. The molecule has 0 aliphatic heterocycles. The van der Waals surface area contributed by atoms with E-state index in [1.54, 1.807) is 7.11 Å². The smallest absolute Gasteiger partial charge is 0.161 e. The Morgan fingerprint density at radius 1 is 1.04 bits per heavy atom. The molecule has 0 bridgehead atoms. The summed E-state index contributed by atoms with van der Waals surface area (Å²) >= 11 is 0. The fourth-order valence-corrected chi connectivity index (χ4v) is 2.97. The normalized spacial score (nSPS) is 12.0. The molecule has 24 heavy (non-hydrogen) atoms. The summed E-state index contributed by atoms with van der Waals surface area (Å²) in [5.41, 5.74) is 11.2. The molecule has 130 valence electrons. The molecule has 3 nitrogen and oxygen atoms in total. The van der Waals surface area contributed by atoms with E-state index in [-0.39, 0.29) is 0 Å². The maximum Gasteiger partial charge on any atom is 0.161 e. The van der Waals surface area contributed by atoms with Gasteiger partial charge in [-0.15, -0.1) is 0 Å². The Balaban J connectivity index is 2.23. The minimum atomic E-state index is 0.303. The van der Waals surface area contributed by atoms with Crippen LogP contribution in [0.3, 0.4) is 0 Å². The number of rotatable bonds is 8. The molecular weight excluding hydrogens is 298 g/mol. The van der Waals surface area contributed by atoms with Crippen LogP contribution in [0.15, 0.2) is 36.4 Å². The van der Waals surface area contributed by atoms with Gasteiger partial charge in [0.05, 0.1) is 13.7 Å². The molecule has 3 heteroatoms. The SMILES string of the molecule is CCCOc1ccc(CC(CN)c2cc(C)ccc2C)cc1OC. The second-order valence-corrected chi connectivity index (χ2v) is 6.33. The van der Waals surface area contributed by atoms with Crippen LogP contribution in [0.1, 0.15) is 41.5 Å². The second kappa shape index (κ2) is 8.74. The van der Waals surface area contributed by atoms with Crippen molar-refractivity contribution in [3.63, 3.8) is 0 Å². The molecule has 0 saturated heterocycles. The lowest BCUT2D eigenvalue weighted by Gasteiger charge is -2.19. The number of methoxy groups -OCH3 is 1. The highest BCUT2D eigenvalue weighted by Crippen LogP contribution is 2.31. The third kappa shape index (κ3) is 4.51. The minimum Gasteiger partial charge on any atom is -0.493 e. The van der Waals surface area contributed by atoms with Crippen LogP contribution in [-0.4, -0.2) is 20.3 Å². The fourth-order valence-electron chi connectivity index (χ4n) is 2.97. The first kappa shape index (κ1) is 18.3. The highest BCUT2D eigenvalue weighted by Gasteiger charge is 2.15. The maximum atomic E-state index is 6.08. The number of ether oxygens (including phenoxy) is 2. The number of hydrogen-bond donors (Lipinski definition) is 1. The monoisotopic (exact) mass is 327 g/mol. The molecule has 0 aliphatic carbocycles. The lowest BCUT2D eigenvalue weighted by molar-refractivity contribution is 0.294. The van der Waals surface area contributed by atoms with Gasteiger partial charge in [0.1, 0.15) is 0 Å². The summed E-state index contributed by atoms with van der Waals surface area (Å²) in [6, 6.07) is 12.8. The van der Waals surface area contributed by atoms with Crippen LogP contribution in [0.5, 0.6) is 11.5 Å². The summed E-state index contributed by atoms with van der Waals surface area (Å²) in [6.45, 7) is 7.69. The lowest BCUT2D eigenvalue weighted by Crippen LogP contribution is -2.16. The zero-order valence-electron chi connectivity index (χ0n) is 15.3. The van der Waals surface area contributed by atoms with E-state index >= 15 is 0 Å². The van der Waals surface area contributed by atoms with Crippen molar-refractivity contribution < 1.29 is 9.47 Å². The number of hydrogen-bond acceptors (Lipinski definition) is 3. The molecule has 0 amide bonds. The van der Waals surface area contributed by atoms with Gasteiger partial charge in [-0.2, -0.15) is 0 Å². The average Bonchev–Trinajstić information content (AvgIpc) is 2.60. The van der Waals surface area contributed by atoms with Gasteiger partial charge in [-0.1, -0.05) is 36.8 Å². The summed E-state index contributed by atoms with van der Waals surface area (Å²) in [5.74, 6) is 1.90. The molecule has 0 radical (unpaired) electrons. The summed E-state index contributed by atoms with van der Waals surface area (Å²) in [5, 5.41) is 0. The van der Waals surface area contributed by atoms with Crippen LogP contribution >= 0.6 is 0 Å². The van der Waals surface area contributed by atoms with Crippen LogP contribution in [0.25, 0.3) is 0 Å². The molecule has 2 rings (SSSR count). The van der Waals surface area contributed by atoms with E-state index < -0.39 is 0 Å². The van der Waals surface area contributed by atoms with E-state index in [4.69, 9.17) is 15.2 Å². The molecule has 1 atom stereocenters. The van der Waals surface area contributed by atoms with Crippen LogP contribution in [0, 0.1) is 13.8 Å². The van der Waals surface area contributed by atoms with Crippen molar-refractivity contribution in [1.29, 1.82) is 0 Å². The average molecular weight is 327 g/mol. The van der Waals surface area contributed by atoms with Crippen molar-refractivity contribution in [3.8, 4) is 11.5 Å². The number of aryl methyl sites for hydroxylation is 2. The van der Waals surface area contributed by atoms with Gasteiger partial charge in [0, 0.05) is 5.92 Å². The van der Waals surface area contributed by atoms with Gasteiger partial charge < -0.3 is 15.2 Å². The maximum absolute atomic E-state index is 6.08. The summed E-state index contributed by atoms with van der Waals surface area (Å²) in [7, 11) is 1.68. The molecule has 2 aromatic rings. The predicted octanol–water partition coefficient (Wildman–Crippen LogP) is 4.39. The van der Waals surface area contributed by atoms with Gasteiger partial charge in [-0.25, -0.2) is 0 Å². The zero-order valence-corrected chi connectivity index (χ0v) is 15.3. The Morgan fingerprint density at radius 3 is 2.50 bits per heavy atom. The third-order valence-electron chi connectivity index (χ3n) is 4.33. The standard InChI is InChI=1S/C21H29NO2/c1-5-10-24-20-9-8-17(13-21(20)23-4)12-18(14-22)19-11-15(2)6-7-16(19)3/h6-9,11,13,18H,5,10,12,14,22H2,1-4H3. The largest absolute Gasteiger partial charge is 0.493 e. The molecule has 2 aromatic carbocycles. The zero-order chi connectivity index (χ0) is 17.5. The van der Waals surface area contributed by atoms with Crippen molar-refractivity contribution in [2.45, 2.75) is 39.5 Å².